The van der Waals surface area contributed by atoms with Gasteiger partial charge in [-0.1, -0.05) is 40.2 Å². The molecule has 104 valence electrons. The number of nitrogens with one attached hydrogen (secondary N) is 1. The van der Waals surface area contributed by atoms with E-state index in [1.807, 2.05) is 24.3 Å². The van der Waals surface area contributed by atoms with Crippen molar-refractivity contribution in [2.24, 2.45) is 0 Å². The Bertz CT molecular complexity index is 617. The molecular formula is C16H15BrFNO. The van der Waals surface area contributed by atoms with E-state index in [0.717, 1.165) is 22.2 Å². The molecule has 0 fully saturated rings. The Morgan fingerprint density at radius 2 is 2.10 bits per heavy atom. The Morgan fingerprint density at radius 1 is 1.25 bits per heavy atom. The molecule has 2 nitrogen and oxygen atoms in total. The van der Waals surface area contributed by atoms with Crippen molar-refractivity contribution in [1.29, 1.82) is 0 Å². The number of hydrogen-bond donors (Lipinski definition) is 1. The second kappa shape index (κ2) is 5.94. The average Bonchev–Trinajstić information content (AvgIpc) is 2.46. The van der Waals surface area contributed by atoms with Gasteiger partial charge in [0.05, 0.1) is 6.61 Å². The van der Waals surface area contributed by atoms with Crippen LogP contribution in [0.3, 0.4) is 0 Å². The minimum atomic E-state index is -0.188. The van der Waals surface area contributed by atoms with Crippen LogP contribution < -0.4 is 10.1 Å². The molecule has 2 aromatic rings. The summed E-state index contributed by atoms with van der Waals surface area (Å²) in [5.74, 6) is 0.736. The highest BCUT2D eigenvalue weighted by Crippen LogP contribution is 2.31. The molecule has 20 heavy (non-hydrogen) atoms. The van der Waals surface area contributed by atoms with Gasteiger partial charge in [-0.15, -0.1) is 0 Å². The lowest BCUT2D eigenvalue weighted by molar-refractivity contribution is 0.252. The monoisotopic (exact) mass is 335 g/mol. The summed E-state index contributed by atoms with van der Waals surface area (Å²) in [5.41, 5.74) is 1.83. The third-order valence-corrected chi connectivity index (χ3v) is 4.01. The predicted molar refractivity (Wildman–Crippen MR) is 80.2 cm³/mol. The molecule has 0 saturated heterocycles. The number of fused-ring (bicyclic) bond motifs is 1. The summed E-state index contributed by atoms with van der Waals surface area (Å²) in [6.07, 6.45) is 0.898. The number of rotatable bonds is 3. The quantitative estimate of drug-likeness (QED) is 0.907. The molecule has 0 radical (unpaired) electrons. The summed E-state index contributed by atoms with van der Waals surface area (Å²) >= 11 is 3.27. The fourth-order valence-corrected chi connectivity index (χ4v) is 2.79. The summed E-state index contributed by atoms with van der Waals surface area (Å²) in [7, 11) is 0. The van der Waals surface area contributed by atoms with E-state index in [-0.39, 0.29) is 11.9 Å². The van der Waals surface area contributed by atoms with Crippen molar-refractivity contribution in [2.75, 3.05) is 6.61 Å². The van der Waals surface area contributed by atoms with Crippen molar-refractivity contribution in [3.8, 4) is 5.75 Å². The molecule has 0 spiro atoms. The highest BCUT2D eigenvalue weighted by atomic mass is 79.9. The summed E-state index contributed by atoms with van der Waals surface area (Å²) in [5, 5.41) is 3.42. The van der Waals surface area contributed by atoms with Crippen LogP contribution in [-0.2, 0) is 6.54 Å². The van der Waals surface area contributed by atoms with E-state index in [1.54, 1.807) is 6.07 Å². The first-order valence-electron chi connectivity index (χ1n) is 6.63. The Morgan fingerprint density at radius 3 is 2.95 bits per heavy atom. The Labute approximate surface area is 126 Å². The van der Waals surface area contributed by atoms with Crippen LogP contribution in [0.4, 0.5) is 4.39 Å². The average molecular weight is 336 g/mol. The largest absolute Gasteiger partial charge is 0.493 e. The molecule has 4 heteroatoms. The van der Waals surface area contributed by atoms with Crippen LogP contribution in [0.5, 0.6) is 5.75 Å². The van der Waals surface area contributed by atoms with Gasteiger partial charge in [0.15, 0.2) is 0 Å². The molecule has 2 aromatic carbocycles. The number of para-hydroxylation sites is 1. The fraction of sp³-hybridized carbons (Fsp3) is 0.250. The zero-order valence-corrected chi connectivity index (χ0v) is 12.5. The standard InChI is InChI=1S/C16H15BrFNO/c17-12-6-5-11(14(18)9-12)10-19-15-7-8-20-16-4-2-1-3-13(15)16/h1-6,9,15,19H,7-8,10H2. The molecule has 1 aliphatic heterocycles. The second-order valence-electron chi connectivity index (χ2n) is 4.84. The molecule has 1 unspecified atom stereocenters. The topological polar surface area (TPSA) is 21.3 Å². The highest BCUT2D eigenvalue weighted by Gasteiger charge is 2.20. The predicted octanol–water partition coefficient (Wildman–Crippen LogP) is 4.20. The molecule has 0 aromatic heterocycles. The number of hydrogen-bond acceptors (Lipinski definition) is 2. The Hall–Kier alpha value is -1.39. The molecule has 0 aliphatic carbocycles. The maximum atomic E-state index is 13.8. The van der Waals surface area contributed by atoms with Crippen molar-refractivity contribution in [1.82, 2.24) is 5.32 Å². The molecule has 0 bridgehead atoms. The van der Waals surface area contributed by atoms with Crippen LogP contribution in [0.1, 0.15) is 23.6 Å². The van der Waals surface area contributed by atoms with Gasteiger partial charge in [0.1, 0.15) is 11.6 Å². The van der Waals surface area contributed by atoms with Crippen molar-refractivity contribution in [2.45, 2.75) is 19.0 Å². The first-order chi connectivity index (χ1) is 9.74. The van der Waals surface area contributed by atoms with Crippen molar-refractivity contribution in [3.63, 3.8) is 0 Å². The summed E-state index contributed by atoms with van der Waals surface area (Å²) in [6.45, 7) is 1.20. The van der Waals surface area contributed by atoms with Gasteiger partial charge in [-0.2, -0.15) is 0 Å². The SMILES string of the molecule is Fc1cc(Br)ccc1CNC1CCOc2ccccc21. The summed E-state index contributed by atoms with van der Waals surface area (Å²) in [6, 6.07) is 13.4. The normalized spacial score (nSPS) is 17.4. The van der Waals surface area contributed by atoms with Gasteiger partial charge in [0.2, 0.25) is 0 Å². The minimum Gasteiger partial charge on any atom is -0.493 e. The molecular weight excluding hydrogens is 321 g/mol. The van der Waals surface area contributed by atoms with Gasteiger partial charge in [-0.25, -0.2) is 4.39 Å². The van der Waals surface area contributed by atoms with Gasteiger partial charge >= 0.3 is 0 Å². The van der Waals surface area contributed by atoms with Crippen molar-refractivity contribution >= 4 is 15.9 Å². The number of halogens is 2. The van der Waals surface area contributed by atoms with E-state index in [9.17, 15) is 4.39 Å². The minimum absolute atomic E-state index is 0.188. The Kier molecular flexibility index (Phi) is 4.03. The summed E-state index contributed by atoms with van der Waals surface area (Å²) in [4.78, 5) is 0. The smallest absolute Gasteiger partial charge is 0.128 e. The third-order valence-electron chi connectivity index (χ3n) is 3.51. The molecule has 1 atom stereocenters. The van der Waals surface area contributed by atoms with Gasteiger partial charge in [0.25, 0.3) is 0 Å². The van der Waals surface area contributed by atoms with Gasteiger partial charge < -0.3 is 10.1 Å². The van der Waals surface area contributed by atoms with Crippen LogP contribution in [0.15, 0.2) is 46.9 Å². The first-order valence-corrected chi connectivity index (χ1v) is 7.42. The van der Waals surface area contributed by atoms with Gasteiger partial charge in [-0.3, -0.25) is 0 Å². The second-order valence-corrected chi connectivity index (χ2v) is 5.76. The van der Waals surface area contributed by atoms with E-state index in [0.29, 0.717) is 18.7 Å². The van der Waals surface area contributed by atoms with Crippen molar-refractivity contribution in [3.05, 3.63) is 63.9 Å². The van der Waals surface area contributed by atoms with Crippen molar-refractivity contribution < 1.29 is 9.13 Å². The third kappa shape index (κ3) is 2.86. The van der Waals surface area contributed by atoms with Gasteiger partial charge in [-0.05, 0) is 18.2 Å². The molecule has 0 saturated carbocycles. The van der Waals surface area contributed by atoms with E-state index in [4.69, 9.17) is 4.74 Å². The summed E-state index contributed by atoms with van der Waals surface area (Å²) < 4.78 is 20.2. The Balaban J connectivity index is 1.73. The molecule has 3 rings (SSSR count). The zero-order valence-electron chi connectivity index (χ0n) is 10.9. The van der Waals surface area contributed by atoms with Crippen LogP contribution in [-0.4, -0.2) is 6.61 Å². The molecule has 1 N–H and O–H groups in total. The van der Waals surface area contributed by atoms with E-state index >= 15 is 0 Å². The maximum Gasteiger partial charge on any atom is 0.128 e. The fourth-order valence-electron chi connectivity index (χ4n) is 2.45. The highest BCUT2D eigenvalue weighted by molar-refractivity contribution is 9.10. The van der Waals surface area contributed by atoms with Crippen LogP contribution in [0.25, 0.3) is 0 Å². The number of ether oxygens (including phenoxy) is 1. The lowest BCUT2D eigenvalue weighted by Crippen LogP contribution is -2.27. The van der Waals surface area contributed by atoms with Gasteiger partial charge in [0, 0.05) is 34.6 Å². The van der Waals surface area contributed by atoms with Crippen LogP contribution in [0, 0.1) is 5.82 Å². The molecule has 1 heterocycles. The first kappa shape index (κ1) is 13.6. The van der Waals surface area contributed by atoms with E-state index in [2.05, 4.69) is 27.3 Å². The lowest BCUT2D eigenvalue weighted by Gasteiger charge is -2.26. The van der Waals surface area contributed by atoms with Crippen LogP contribution in [0.2, 0.25) is 0 Å². The molecule has 0 amide bonds. The maximum absolute atomic E-state index is 13.8. The van der Waals surface area contributed by atoms with E-state index < -0.39 is 0 Å². The lowest BCUT2D eigenvalue weighted by atomic mass is 10.0. The van der Waals surface area contributed by atoms with Crippen LogP contribution >= 0.6 is 15.9 Å². The number of benzene rings is 2. The molecule has 1 aliphatic rings. The van der Waals surface area contributed by atoms with E-state index in [1.165, 1.54) is 6.07 Å². The zero-order chi connectivity index (χ0) is 13.9.